The van der Waals surface area contributed by atoms with E-state index >= 15 is 0 Å². The van der Waals surface area contributed by atoms with Crippen LogP contribution >= 0.6 is 11.6 Å². The van der Waals surface area contributed by atoms with E-state index in [0.717, 1.165) is 29.7 Å². The van der Waals surface area contributed by atoms with Gasteiger partial charge in [0.15, 0.2) is 11.2 Å². The van der Waals surface area contributed by atoms with Crippen LogP contribution in [0.3, 0.4) is 0 Å². The fourth-order valence-electron chi connectivity index (χ4n) is 4.64. The van der Waals surface area contributed by atoms with Gasteiger partial charge >= 0.3 is 6.09 Å². The first-order valence-electron chi connectivity index (χ1n) is 13.7. The molecule has 1 saturated carbocycles. The molecule has 0 radical (unpaired) electrons. The van der Waals surface area contributed by atoms with E-state index in [9.17, 15) is 4.79 Å². The zero-order chi connectivity index (χ0) is 28.9. The predicted molar refractivity (Wildman–Crippen MR) is 154 cm³/mol. The molecule has 0 atom stereocenters. The second-order valence-electron chi connectivity index (χ2n) is 12.0. The van der Waals surface area contributed by atoms with Crippen molar-refractivity contribution in [3.8, 4) is 23.0 Å². The number of aryl methyl sites for hydroxylation is 1. The van der Waals surface area contributed by atoms with Crippen LogP contribution in [0, 0.1) is 6.92 Å². The van der Waals surface area contributed by atoms with Crippen molar-refractivity contribution in [1.29, 1.82) is 0 Å². The number of hydrogen-bond acceptors (Lipinski definition) is 8. The fraction of sp³-hybridized carbons (Fsp3) is 0.433. The number of pyridine rings is 1. The summed E-state index contributed by atoms with van der Waals surface area (Å²) in [4.78, 5) is 32.4. The zero-order valence-electron chi connectivity index (χ0n) is 23.8. The number of imidazole rings is 1. The van der Waals surface area contributed by atoms with E-state index < -0.39 is 5.60 Å². The molecule has 2 aliphatic rings. The topological polar surface area (TPSA) is 104 Å². The van der Waals surface area contributed by atoms with E-state index in [4.69, 9.17) is 30.8 Å². The first-order valence-corrected chi connectivity index (χ1v) is 14.1. The monoisotopic (exact) mass is 576 g/mol. The average molecular weight is 577 g/mol. The molecule has 6 rings (SSSR count). The van der Waals surface area contributed by atoms with Crippen LogP contribution in [-0.2, 0) is 11.3 Å². The van der Waals surface area contributed by atoms with Crippen LogP contribution < -0.4 is 9.47 Å². The minimum Gasteiger partial charge on any atom is -0.487 e. The largest absolute Gasteiger partial charge is 0.487 e. The maximum absolute atomic E-state index is 12.2. The summed E-state index contributed by atoms with van der Waals surface area (Å²) in [5.41, 5.74) is 3.17. The van der Waals surface area contributed by atoms with Gasteiger partial charge in [-0.1, -0.05) is 11.6 Å². The summed E-state index contributed by atoms with van der Waals surface area (Å²) >= 11 is 6.84. The van der Waals surface area contributed by atoms with E-state index in [0.29, 0.717) is 53.3 Å². The molecule has 0 spiro atoms. The van der Waals surface area contributed by atoms with Gasteiger partial charge in [-0.25, -0.2) is 14.8 Å². The molecule has 1 aromatic carbocycles. The van der Waals surface area contributed by atoms with Crippen LogP contribution in [0.25, 0.3) is 22.6 Å². The van der Waals surface area contributed by atoms with Crippen molar-refractivity contribution in [2.24, 2.45) is 0 Å². The SMILES string of the molecule is Cc1ccnc(Cn2c(-c3ccc(OC4CN(C(=O)OC(C)(C)C)C4)cc3Cl)nc3c(OC4(C)CC4)ncnc32)c1. The third-order valence-electron chi connectivity index (χ3n) is 7.07. The Labute approximate surface area is 243 Å². The van der Waals surface area contributed by atoms with E-state index in [1.807, 2.05) is 56.5 Å². The van der Waals surface area contributed by atoms with Crippen LogP contribution in [0.5, 0.6) is 11.6 Å². The number of amides is 1. The van der Waals surface area contributed by atoms with E-state index in [-0.39, 0.29) is 17.8 Å². The highest BCUT2D eigenvalue weighted by Crippen LogP contribution is 2.41. The molecule has 4 aromatic rings. The van der Waals surface area contributed by atoms with Crippen LogP contribution in [-0.4, -0.2) is 65.9 Å². The number of ether oxygens (including phenoxy) is 3. The molecule has 1 saturated heterocycles. The smallest absolute Gasteiger partial charge is 0.410 e. The van der Waals surface area contributed by atoms with Gasteiger partial charge in [0.1, 0.15) is 35.2 Å². The third-order valence-corrected chi connectivity index (χ3v) is 7.38. The van der Waals surface area contributed by atoms with Crippen molar-refractivity contribution in [2.45, 2.75) is 71.3 Å². The maximum atomic E-state index is 12.2. The Bertz CT molecular complexity index is 1620. The standard InChI is InChI=1S/C30H33ClN6O4/c1-18-8-11-32-19(12-18)14-37-25(35-24-26(37)33-17-34-27(24)40-30(5)9-10-30)22-7-6-20(13-23(22)31)39-21-15-36(16-21)28(38)41-29(2,3)4/h6-8,11-13,17,21H,9-10,14-16H2,1-5H3. The number of likely N-dealkylation sites (tertiary alicyclic amines) is 1. The van der Waals surface area contributed by atoms with E-state index in [1.54, 1.807) is 17.2 Å². The Balaban J connectivity index is 1.28. The number of nitrogens with zero attached hydrogens (tertiary/aromatic N) is 6. The molecule has 0 bridgehead atoms. The highest BCUT2D eigenvalue weighted by atomic mass is 35.5. The van der Waals surface area contributed by atoms with Gasteiger partial charge in [0.05, 0.1) is 30.4 Å². The lowest BCUT2D eigenvalue weighted by Crippen LogP contribution is -2.57. The van der Waals surface area contributed by atoms with Gasteiger partial charge in [-0.3, -0.25) is 4.98 Å². The number of rotatable bonds is 7. The lowest BCUT2D eigenvalue weighted by molar-refractivity contribution is -0.0221. The number of halogens is 1. The number of benzene rings is 1. The maximum Gasteiger partial charge on any atom is 0.410 e. The summed E-state index contributed by atoms with van der Waals surface area (Å²) in [5, 5.41) is 0.476. The molecule has 2 fully saturated rings. The molecule has 4 heterocycles. The minimum absolute atomic E-state index is 0.139. The molecule has 11 heteroatoms. The van der Waals surface area contributed by atoms with Crippen LogP contribution in [0.1, 0.15) is 51.8 Å². The number of carbonyl (C=O) groups excluding carboxylic acids is 1. The molecule has 1 aliphatic carbocycles. The van der Waals surface area contributed by atoms with Crippen LogP contribution in [0.2, 0.25) is 5.02 Å². The summed E-state index contributed by atoms with van der Waals surface area (Å²) in [6, 6.07) is 9.53. The fourth-order valence-corrected chi connectivity index (χ4v) is 4.89. The molecular formula is C30H33ClN6O4. The van der Waals surface area contributed by atoms with Crippen molar-refractivity contribution >= 4 is 28.9 Å². The van der Waals surface area contributed by atoms with Gasteiger partial charge in [0.25, 0.3) is 0 Å². The van der Waals surface area contributed by atoms with Gasteiger partial charge in [0, 0.05) is 11.8 Å². The number of aromatic nitrogens is 5. The van der Waals surface area contributed by atoms with Crippen molar-refractivity contribution < 1.29 is 19.0 Å². The molecule has 0 N–H and O–H groups in total. The average Bonchev–Trinajstić information content (AvgIpc) is 3.48. The molecule has 1 aliphatic heterocycles. The lowest BCUT2D eigenvalue weighted by atomic mass is 10.1. The summed E-state index contributed by atoms with van der Waals surface area (Å²) in [6.45, 7) is 11.0. The van der Waals surface area contributed by atoms with Gasteiger partial charge in [0.2, 0.25) is 5.88 Å². The van der Waals surface area contributed by atoms with Crippen molar-refractivity contribution in [2.75, 3.05) is 13.1 Å². The van der Waals surface area contributed by atoms with Gasteiger partial charge < -0.3 is 23.7 Å². The van der Waals surface area contributed by atoms with Gasteiger partial charge in [-0.15, -0.1) is 0 Å². The summed E-state index contributed by atoms with van der Waals surface area (Å²) in [6.07, 6.45) is 4.78. The Morgan fingerprint density at radius 2 is 1.90 bits per heavy atom. The highest BCUT2D eigenvalue weighted by molar-refractivity contribution is 6.33. The predicted octanol–water partition coefficient (Wildman–Crippen LogP) is 5.83. The molecular weight excluding hydrogens is 544 g/mol. The van der Waals surface area contributed by atoms with Gasteiger partial charge in [-0.05, 0) is 83.4 Å². The summed E-state index contributed by atoms with van der Waals surface area (Å²) in [7, 11) is 0. The molecule has 10 nitrogen and oxygen atoms in total. The molecule has 1 amide bonds. The quantitative estimate of drug-likeness (QED) is 0.271. The van der Waals surface area contributed by atoms with Crippen LogP contribution in [0.4, 0.5) is 4.79 Å². The second-order valence-corrected chi connectivity index (χ2v) is 12.4. The zero-order valence-corrected chi connectivity index (χ0v) is 24.6. The minimum atomic E-state index is -0.535. The second kappa shape index (κ2) is 10.2. The Morgan fingerprint density at radius 1 is 1.12 bits per heavy atom. The Kier molecular flexibility index (Phi) is 6.76. The molecule has 41 heavy (non-hydrogen) atoms. The van der Waals surface area contributed by atoms with Crippen molar-refractivity contribution in [3.05, 3.63) is 59.1 Å². The summed E-state index contributed by atoms with van der Waals surface area (Å²) in [5.74, 6) is 1.70. The Morgan fingerprint density at radius 3 is 2.59 bits per heavy atom. The van der Waals surface area contributed by atoms with Crippen LogP contribution in [0.15, 0.2) is 42.9 Å². The van der Waals surface area contributed by atoms with Gasteiger partial charge in [-0.2, -0.15) is 4.98 Å². The first kappa shape index (κ1) is 27.3. The normalized spacial score (nSPS) is 16.4. The van der Waals surface area contributed by atoms with E-state index in [2.05, 4.69) is 21.9 Å². The van der Waals surface area contributed by atoms with E-state index in [1.165, 1.54) is 6.33 Å². The molecule has 0 unspecified atom stereocenters. The lowest BCUT2D eigenvalue weighted by Gasteiger charge is -2.39. The number of carbonyl (C=O) groups is 1. The number of fused-ring (bicyclic) bond motifs is 1. The van der Waals surface area contributed by atoms with Crippen molar-refractivity contribution in [1.82, 2.24) is 29.4 Å². The Hall–Kier alpha value is -3.92. The highest BCUT2D eigenvalue weighted by Gasteiger charge is 2.41. The molecule has 3 aromatic heterocycles. The number of hydrogen-bond donors (Lipinski definition) is 0. The van der Waals surface area contributed by atoms with Crippen molar-refractivity contribution in [3.63, 3.8) is 0 Å². The first-order chi connectivity index (χ1) is 19.5. The third kappa shape index (κ3) is 5.93. The summed E-state index contributed by atoms with van der Waals surface area (Å²) < 4.78 is 19.7. The molecule has 214 valence electrons.